The molecule has 1 heterocycles. The topological polar surface area (TPSA) is 67.2 Å². The van der Waals surface area contributed by atoms with Crippen LogP contribution in [0.5, 0.6) is 0 Å². The Hall–Kier alpha value is -2.35. The molecule has 1 aromatic heterocycles. The second kappa shape index (κ2) is 7.69. The van der Waals surface area contributed by atoms with Crippen molar-refractivity contribution in [2.24, 2.45) is 0 Å². The van der Waals surface area contributed by atoms with Crippen molar-refractivity contribution in [2.45, 2.75) is 46.0 Å². The van der Waals surface area contributed by atoms with E-state index in [0.717, 1.165) is 17.3 Å². The highest BCUT2D eigenvalue weighted by atomic mass is 19.4. The molecule has 0 spiro atoms. The number of anilines is 1. The van der Waals surface area contributed by atoms with Gasteiger partial charge in [-0.3, -0.25) is 4.79 Å². The molecule has 2 aromatic rings. The average molecular weight is 355 g/mol. The van der Waals surface area contributed by atoms with Crippen LogP contribution >= 0.6 is 0 Å². The molecular weight excluding hydrogens is 335 g/mol. The summed E-state index contributed by atoms with van der Waals surface area (Å²) in [6, 6.07) is 4.68. The molecule has 1 atom stereocenters. The number of aromatic nitrogens is 1. The molecule has 5 nitrogen and oxygen atoms in total. The molecule has 1 aromatic carbocycles. The average Bonchev–Trinajstić information content (AvgIpc) is 2.83. The quantitative estimate of drug-likeness (QED) is 0.827. The maximum atomic E-state index is 12.9. The number of nitrogens with zero attached hydrogens (tertiary/aromatic N) is 1. The van der Waals surface area contributed by atoms with Gasteiger partial charge < -0.3 is 15.2 Å². The molecule has 0 aliphatic heterocycles. The van der Waals surface area contributed by atoms with Gasteiger partial charge in [0.1, 0.15) is 5.76 Å². The van der Waals surface area contributed by atoms with Crippen molar-refractivity contribution in [3.63, 3.8) is 0 Å². The van der Waals surface area contributed by atoms with Crippen molar-refractivity contribution >= 4 is 11.6 Å². The summed E-state index contributed by atoms with van der Waals surface area (Å²) in [5.41, 5.74) is 0.577. The van der Waals surface area contributed by atoms with E-state index in [1.807, 2.05) is 6.92 Å². The Morgan fingerprint density at radius 1 is 1.28 bits per heavy atom. The lowest BCUT2D eigenvalue weighted by Crippen LogP contribution is -2.30. The lowest BCUT2D eigenvalue weighted by atomic mass is 10.1. The van der Waals surface area contributed by atoms with Crippen molar-refractivity contribution in [2.75, 3.05) is 5.32 Å². The van der Waals surface area contributed by atoms with Crippen LogP contribution in [0.15, 0.2) is 28.8 Å². The predicted octanol–water partition coefficient (Wildman–Crippen LogP) is 3.82. The number of halogens is 3. The maximum absolute atomic E-state index is 12.9. The van der Waals surface area contributed by atoms with E-state index < -0.39 is 17.6 Å². The number of hydrogen-bond acceptors (Lipinski definition) is 4. The Bertz CT molecular complexity index is 721. The van der Waals surface area contributed by atoms with E-state index in [9.17, 15) is 18.0 Å². The zero-order valence-corrected chi connectivity index (χ0v) is 14.2. The summed E-state index contributed by atoms with van der Waals surface area (Å²) < 4.78 is 43.9. The van der Waals surface area contributed by atoms with Gasteiger partial charge in [-0.05, 0) is 32.9 Å². The molecule has 1 amide bonds. The zero-order valence-electron chi connectivity index (χ0n) is 14.2. The molecule has 0 saturated heterocycles. The molecule has 0 saturated carbocycles. The van der Waals surface area contributed by atoms with Crippen LogP contribution in [0.4, 0.5) is 18.9 Å². The van der Waals surface area contributed by atoms with E-state index >= 15 is 0 Å². The second-order valence-electron chi connectivity index (χ2n) is 5.88. The van der Waals surface area contributed by atoms with Crippen LogP contribution in [0.1, 0.15) is 35.9 Å². The Kier molecular flexibility index (Phi) is 5.84. The third-order valence-electron chi connectivity index (χ3n) is 3.81. The molecule has 0 aliphatic carbocycles. The van der Waals surface area contributed by atoms with Crippen LogP contribution in [-0.4, -0.2) is 17.1 Å². The maximum Gasteiger partial charge on any atom is 0.418 e. The van der Waals surface area contributed by atoms with Crippen LogP contribution in [0.25, 0.3) is 0 Å². The highest BCUT2D eigenvalue weighted by Crippen LogP contribution is 2.34. The van der Waals surface area contributed by atoms with Crippen LogP contribution in [-0.2, 0) is 17.5 Å². The largest absolute Gasteiger partial charge is 0.418 e. The summed E-state index contributed by atoms with van der Waals surface area (Å²) in [6.45, 7) is 5.86. The van der Waals surface area contributed by atoms with Crippen LogP contribution in [0.2, 0.25) is 0 Å². The number of alkyl halides is 3. The minimum absolute atomic E-state index is 0.0373. The first kappa shape index (κ1) is 19.0. The summed E-state index contributed by atoms with van der Waals surface area (Å²) in [5, 5.41) is 9.32. The van der Waals surface area contributed by atoms with E-state index in [2.05, 4.69) is 15.8 Å². The summed E-state index contributed by atoms with van der Waals surface area (Å²) >= 11 is 0. The van der Waals surface area contributed by atoms with Gasteiger partial charge in [-0.15, -0.1) is 0 Å². The van der Waals surface area contributed by atoms with Crippen LogP contribution in [0.3, 0.4) is 0 Å². The summed E-state index contributed by atoms with van der Waals surface area (Å²) in [4.78, 5) is 12.0. The Morgan fingerprint density at radius 2 is 1.96 bits per heavy atom. The molecule has 0 fully saturated rings. The molecule has 136 valence electrons. The van der Waals surface area contributed by atoms with E-state index in [-0.39, 0.29) is 18.2 Å². The number of para-hydroxylation sites is 1. The molecule has 2 N–H and O–H groups in total. The van der Waals surface area contributed by atoms with Crippen molar-refractivity contribution in [1.82, 2.24) is 10.5 Å². The second-order valence-corrected chi connectivity index (χ2v) is 5.88. The fourth-order valence-electron chi connectivity index (χ4n) is 2.42. The first-order valence-electron chi connectivity index (χ1n) is 7.79. The number of aryl methyl sites for hydroxylation is 2. The number of carbonyl (C=O) groups excluding carboxylic acids is 1. The van der Waals surface area contributed by atoms with E-state index in [1.54, 1.807) is 13.8 Å². The Labute approximate surface area is 143 Å². The number of nitrogens with one attached hydrogen (secondary N) is 2. The minimum Gasteiger partial charge on any atom is -0.361 e. The molecule has 1 unspecified atom stereocenters. The summed E-state index contributed by atoms with van der Waals surface area (Å²) in [6.07, 6.45) is -4.48. The van der Waals surface area contributed by atoms with Gasteiger partial charge in [0.25, 0.3) is 0 Å². The fourth-order valence-corrected chi connectivity index (χ4v) is 2.42. The number of rotatable bonds is 6. The normalized spacial score (nSPS) is 12.9. The van der Waals surface area contributed by atoms with Gasteiger partial charge in [0.2, 0.25) is 5.91 Å². The summed E-state index contributed by atoms with van der Waals surface area (Å²) in [7, 11) is 0. The number of carbonyl (C=O) groups is 1. The molecule has 2 rings (SSSR count). The molecule has 0 bridgehead atoms. The third-order valence-corrected chi connectivity index (χ3v) is 3.81. The van der Waals surface area contributed by atoms with Gasteiger partial charge in [0.05, 0.1) is 16.9 Å². The fraction of sp³-hybridized carbons (Fsp3) is 0.412. The van der Waals surface area contributed by atoms with Crippen LogP contribution < -0.4 is 10.6 Å². The lowest BCUT2D eigenvalue weighted by Gasteiger charge is -2.16. The van der Waals surface area contributed by atoms with Gasteiger partial charge in [-0.25, -0.2) is 0 Å². The molecule has 0 aliphatic rings. The zero-order chi connectivity index (χ0) is 18.6. The lowest BCUT2D eigenvalue weighted by molar-refractivity contribution is -0.137. The first-order chi connectivity index (χ1) is 11.7. The van der Waals surface area contributed by atoms with Crippen molar-refractivity contribution < 1.29 is 22.5 Å². The molecular formula is C17H20F3N3O2. The highest BCUT2D eigenvalue weighted by molar-refractivity contribution is 5.92. The van der Waals surface area contributed by atoms with Crippen LogP contribution in [0, 0.1) is 13.8 Å². The number of benzene rings is 1. The standard InChI is InChI=1S/C17H20F3N3O2/c1-10(21-9-13-11(2)23-25-12(13)3)8-16(24)22-15-7-5-4-6-14(15)17(18,19)20/h4-7,10,21H,8-9H2,1-3H3,(H,22,24). The van der Waals surface area contributed by atoms with Gasteiger partial charge in [0.15, 0.2) is 0 Å². The number of hydrogen-bond donors (Lipinski definition) is 2. The van der Waals surface area contributed by atoms with E-state index in [4.69, 9.17) is 4.52 Å². The predicted molar refractivity (Wildman–Crippen MR) is 87.0 cm³/mol. The van der Waals surface area contributed by atoms with Gasteiger partial charge in [0, 0.05) is 24.6 Å². The first-order valence-corrected chi connectivity index (χ1v) is 7.79. The van der Waals surface area contributed by atoms with E-state index in [1.165, 1.54) is 18.2 Å². The van der Waals surface area contributed by atoms with E-state index in [0.29, 0.717) is 12.3 Å². The van der Waals surface area contributed by atoms with Crippen molar-refractivity contribution in [3.8, 4) is 0 Å². The van der Waals surface area contributed by atoms with Gasteiger partial charge in [-0.2, -0.15) is 13.2 Å². The molecule has 0 radical (unpaired) electrons. The highest BCUT2D eigenvalue weighted by Gasteiger charge is 2.33. The third kappa shape index (κ3) is 5.06. The monoisotopic (exact) mass is 355 g/mol. The van der Waals surface area contributed by atoms with Crippen molar-refractivity contribution in [3.05, 3.63) is 46.8 Å². The minimum atomic E-state index is -4.52. The molecule has 8 heteroatoms. The van der Waals surface area contributed by atoms with Crippen molar-refractivity contribution in [1.29, 1.82) is 0 Å². The summed E-state index contributed by atoms with van der Waals surface area (Å²) in [5.74, 6) is 0.205. The smallest absolute Gasteiger partial charge is 0.361 e. The van der Waals surface area contributed by atoms with Gasteiger partial charge >= 0.3 is 6.18 Å². The number of amides is 1. The molecule has 25 heavy (non-hydrogen) atoms. The Morgan fingerprint density at radius 3 is 2.56 bits per heavy atom. The SMILES string of the molecule is Cc1noc(C)c1CNC(C)CC(=O)Nc1ccccc1C(F)(F)F. The van der Waals surface area contributed by atoms with Gasteiger partial charge in [-0.1, -0.05) is 17.3 Å². The Balaban J connectivity index is 1.92.